The van der Waals surface area contributed by atoms with Crippen LogP contribution in [0.3, 0.4) is 0 Å². The average Bonchev–Trinajstić information content (AvgIpc) is 3.16. The number of benzene rings is 2. The van der Waals surface area contributed by atoms with Crippen LogP contribution in [0.1, 0.15) is 5.56 Å². The van der Waals surface area contributed by atoms with E-state index in [1.807, 2.05) is 6.07 Å². The summed E-state index contributed by atoms with van der Waals surface area (Å²) in [6.45, 7) is 0.227. The van der Waals surface area contributed by atoms with Crippen LogP contribution in [0.4, 0.5) is 4.39 Å². The fraction of sp³-hybridized carbons (Fsp3) is 0.143. The second-order valence-electron chi connectivity index (χ2n) is 6.40. The SMILES string of the molecule is COc1ccc(-c2cc3c(=O)n(Cc4ccc(F)cc4Cl)ccn3n2)cc1OC. The minimum atomic E-state index is -0.420. The summed E-state index contributed by atoms with van der Waals surface area (Å²) >= 11 is 6.09. The molecule has 2 aromatic carbocycles. The Morgan fingerprint density at radius 1 is 1.03 bits per heavy atom. The summed E-state index contributed by atoms with van der Waals surface area (Å²) in [5.41, 5.74) is 2.25. The molecule has 0 saturated carbocycles. The second-order valence-corrected chi connectivity index (χ2v) is 6.80. The lowest BCUT2D eigenvalue weighted by Crippen LogP contribution is -2.21. The molecule has 2 aromatic heterocycles. The third kappa shape index (κ3) is 3.56. The molecule has 0 aliphatic heterocycles. The van der Waals surface area contributed by atoms with Gasteiger partial charge in [0.1, 0.15) is 11.3 Å². The number of hydrogen-bond acceptors (Lipinski definition) is 4. The average molecular weight is 414 g/mol. The first-order valence-electron chi connectivity index (χ1n) is 8.75. The van der Waals surface area contributed by atoms with Crippen LogP contribution < -0.4 is 15.0 Å². The monoisotopic (exact) mass is 413 g/mol. The van der Waals surface area contributed by atoms with E-state index in [0.29, 0.717) is 28.3 Å². The highest BCUT2D eigenvalue weighted by atomic mass is 35.5. The van der Waals surface area contributed by atoms with Gasteiger partial charge in [0.25, 0.3) is 5.56 Å². The summed E-state index contributed by atoms with van der Waals surface area (Å²) in [6, 6.07) is 11.3. The van der Waals surface area contributed by atoms with Crippen molar-refractivity contribution in [3.63, 3.8) is 0 Å². The third-order valence-corrected chi connectivity index (χ3v) is 4.99. The lowest BCUT2D eigenvalue weighted by Gasteiger charge is -2.08. The zero-order valence-electron chi connectivity index (χ0n) is 15.7. The van der Waals surface area contributed by atoms with Gasteiger partial charge in [0.15, 0.2) is 11.5 Å². The van der Waals surface area contributed by atoms with E-state index in [2.05, 4.69) is 5.10 Å². The van der Waals surface area contributed by atoms with Crippen molar-refractivity contribution < 1.29 is 13.9 Å². The molecule has 0 saturated heterocycles. The fourth-order valence-electron chi connectivity index (χ4n) is 3.12. The number of aromatic nitrogens is 3. The van der Waals surface area contributed by atoms with Crippen molar-refractivity contribution in [1.82, 2.24) is 14.2 Å². The number of hydrogen-bond donors (Lipinski definition) is 0. The van der Waals surface area contributed by atoms with E-state index in [4.69, 9.17) is 21.1 Å². The maximum Gasteiger partial charge on any atom is 0.276 e. The zero-order valence-corrected chi connectivity index (χ0v) is 16.5. The van der Waals surface area contributed by atoms with E-state index < -0.39 is 5.82 Å². The van der Waals surface area contributed by atoms with Crippen LogP contribution in [0.15, 0.2) is 59.7 Å². The number of nitrogens with zero attached hydrogens (tertiary/aromatic N) is 3. The van der Waals surface area contributed by atoms with E-state index in [1.54, 1.807) is 50.9 Å². The van der Waals surface area contributed by atoms with E-state index in [1.165, 1.54) is 21.2 Å². The Morgan fingerprint density at radius 2 is 1.83 bits per heavy atom. The summed E-state index contributed by atoms with van der Waals surface area (Å²) in [5, 5.41) is 4.76. The standard InChI is InChI=1S/C21H17ClFN3O3/c1-28-19-6-4-13(9-20(19)29-2)17-11-18-21(27)25(7-8-26(18)24-17)12-14-3-5-15(23)10-16(14)22/h3-11H,12H2,1-2H3. The predicted molar refractivity (Wildman–Crippen MR) is 109 cm³/mol. The Morgan fingerprint density at radius 3 is 2.55 bits per heavy atom. The van der Waals surface area contributed by atoms with Crippen LogP contribution in [0.25, 0.3) is 16.8 Å². The number of ether oxygens (including phenoxy) is 2. The molecule has 6 nitrogen and oxygen atoms in total. The molecule has 0 atom stereocenters. The molecule has 0 aliphatic carbocycles. The van der Waals surface area contributed by atoms with Crippen molar-refractivity contribution in [2.45, 2.75) is 6.54 Å². The summed E-state index contributed by atoms with van der Waals surface area (Å²) in [4.78, 5) is 12.9. The van der Waals surface area contributed by atoms with Crippen LogP contribution in [0, 0.1) is 5.82 Å². The molecule has 0 N–H and O–H groups in total. The maximum absolute atomic E-state index is 13.3. The van der Waals surface area contributed by atoms with Crippen molar-refractivity contribution in [2.24, 2.45) is 0 Å². The fourth-order valence-corrected chi connectivity index (χ4v) is 3.35. The van der Waals surface area contributed by atoms with Crippen LogP contribution in [0.5, 0.6) is 11.5 Å². The zero-order chi connectivity index (χ0) is 20.5. The molecule has 29 heavy (non-hydrogen) atoms. The highest BCUT2D eigenvalue weighted by Gasteiger charge is 2.13. The summed E-state index contributed by atoms with van der Waals surface area (Å²) in [6.07, 6.45) is 3.32. The van der Waals surface area contributed by atoms with E-state index in [0.717, 1.165) is 5.56 Å². The number of fused-ring (bicyclic) bond motifs is 1. The number of methoxy groups -OCH3 is 2. The Balaban J connectivity index is 1.74. The molecule has 4 aromatic rings. The van der Waals surface area contributed by atoms with Gasteiger partial charge in [-0.3, -0.25) is 4.79 Å². The van der Waals surface area contributed by atoms with E-state index in [-0.39, 0.29) is 17.1 Å². The Kier molecular flexibility index (Phi) is 4.98. The van der Waals surface area contributed by atoms with Crippen molar-refractivity contribution in [1.29, 1.82) is 0 Å². The Hall–Kier alpha value is -3.32. The minimum absolute atomic E-state index is 0.227. The lowest BCUT2D eigenvalue weighted by atomic mass is 10.1. The molecule has 0 unspecified atom stereocenters. The molecular weight excluding hydrogens is 397 g/mol. The first-order valence-corrected chi connectivity index (χ1v) is 9.13. The molecular formula is C21H17ClFN3O3. The molecule has 0 bridgehead atoms. The summed E-state index contributed by atoms with van der Waals surface area (Å²) < 4.78 is 26.9. The highest BCUT2D eigenvalue weighted by molar-refractivity contribution is 6.31. The van der Waals surface area contributed by atoms with Gasteiger partial charge in [-0.1, -0.05) is 17.7 Å². The Bertz CT molecular complexity index is 1270. The van der Waals surface area contributed by atoms with Crippen molar-refractivity contribution in [3.05, 3.63) is 81.6 Å². The molecule has 0 aliphatic rings. The second kappa shape index (κ2) is 7.60. The van der Waals surface area contributed by atoms with Gasteiger partial charge in [-0.15, -0.1) is 0 Å². The normalized spacial score (nSPS) is 11.0. The molecule has 2 heterocycles. The smallest absolute Gasteiger partial charge is 0.276 e. The van der Waals surface area contributed by atoms with Gasteiger partial charge >= 0.3 is 0 Å². The van der Waals surface area contributed by atoms with Gasteiger partial charge in [-0.25, -0.2) is 8.91 Å². The van der Waals surface area contributed by atoms with Crippen molar-refractivity contribution in [3.8, 4) is 22.8 Å². The molecule has 8 heteroatoms. The summed E-state index contributed by atoms with van der Waals surface area (Å²) in [5.74, 6) is 0.765. The highest BCUT2D eigenvalue weighted by Crippen LogP contribution is 2.31. The molecule has 0 fully saturated rings. The van der Waals surface area contributed by atoms with Crippen LogP contribution >= 0.6 is 11.6 Å². The lowest BCUT2D eigenvalue weighted by molar-refractivity contribution is 0.355. The quantitative estimate of drug-likeness (QED) is 0.496. The molecule has 0 radical (unpaired) electrons. The van der Waals surface area contributed by atoms with Gasteiger partial charge in [0, 0.05) is 23.0 Å². The van der Waals surface area contributed by atoms with Crippen LogP contribution in [0.2, 0.25) is 5.02 Å². The number of rotatable bonds is 5. The molecule has 4 rings (SSSR count). The van der Waals surface area contributed by atoms with Crippen molar-refractivity contribution in [2.75, 3.05) is 14.2 Å². The van der Waals surface area contributed by atoms with Crippen LogP contribution in [-0.4, -0.2) is 28.4 Å². The topological polar surface area (TPSA) is 57.8 Å². The van der Waals surface area contributed by atoms with E-state index in [9.17, 15) is 9.18 Å². The molecule has 148 valence electrons. The van der Waals surface area contributed by atoms with Gasteiger partial charge in [0.05, 0.1) is 26.5 Å². The first kappa shape index (κ1) is 19.0. The molecule has 0 spiro atoms. The first-order chi connectivity index (χ1) is 14.0. The largest absolute Gasteiger partial charge is 0.493 e. The summed E-state index contributed by atoms with van der Waals surface area (Å²) in [7, 11) is 3.13. The minimum Gasteiger partial charge on any atom is -0.493 e. The Labute approximate surface area is 170 Å². The van der Waals surface area contributed by atoms with Gasteiger partial charge in [0.2, 0.25) is 0 Å². The van der Waals surface area contributed by atoms with Crippen molar-refractivity contribution >= 4 is 17.1 Å². The predicted octanol–water partition coefficient (Wildman–Crippen LogP) is 4.02. The van der Waals surface area contributed by atoms with Gasteiger partial charge in [-0.2, -0.15) is 5.10 Å². The maximum atomic E-state index is 13.3. The van der Waals surface area contributed by atoms with Gasteiger partial charge < -0.3 is 14.0 Å². The van der Waals surface area contributed by atoms with E-state index >= 15 is 0 Å². The third-order valence-electron chi connectivity index (χ3n) is 4.64. The van der Waals surface area contributed by atoms with Crippen LogP contribution in [-0.2, 0) is 6.54 Å². The number of halogens is 2. The van der Waals surface area contributed by atoms with Gasteiger partial charge in [-0.05, 0) is 42.0 Å². The molecule has 0 amide bonds.